The summed E-state index contributed by atoms with van der Waals surface area (Å²) in [5.41, 5.74) is 7.40. The summed E-state index contributed by atoms with van der Waals surface area (Å²) in [5, 5.41) is 3.34. The highest BCUT2D eigenvalue weighted by Crippen LogP contribution is 2.30. The van der Waals surface area contributed by atoms with Gasteiger partial charge in [0, 0.05) is 18.0 Å². The Morgan fingerprint density at radius 1 is 1.09 bits per heavy atom. The van der Waals surface area contributed by atoms with Crippen molar-refractivity contribution in [3.05, 3.63) is 35.9 Å². The number of rotatable bonds is 4. The minimum atomic E-state index is 0. The molecule has 0 saturated heterocycles. The van der Waals surface area contributed by atoms with Crippen LogP contribution in [0.15, 0.2) is 30.3 Å². The first-order valence-corrected chi connectivity index (χ1v) is 8.82. The molecule has 4 unspecified atom stereocenters. The Hall–Kier alpha value is -1.06. The lowest BCUT2D eigenvalue weighted by atomic mass is 9.85. The first-order valence-electron chi connectivity index (χ1n) is 8.82. The maximum atomic E-state index is 12.5. The Balaban J connectivity index is 0.00000192. The van der Waals surface area contributed by atoms with Crippen LogP contribution in [0.5, 0.6) is 0 Å². The highest BCUT2D eigenvalue weighted by Gasteiger charge is 2.32. The van der Waals surface area contributed by atoms with Crippen LogP contribution in [-0.4, -0.2) is 18.0 Å². The summed E-state index contributed by atoms with van der Waals surface area (Å²) in [6, 6.07) is 11.2. The summed E-state index contributed by atoms with van der Waals surface area (Å²) < 4.78 is 0. The van der Waals surface area contributed by atoms with E-state index in [2.05, 4.69) is 35.6 Å². The van der Waals surface area contributed by atoms with Crippen LogP contribution in [0.1, 0.15) is 50.5 Å². The van der Waals surface area contributed by atoms with E-state index >= 15 is 0 Å². The van der Waals surface area contributed by atoms with E-state index in [1.807, 2.05) is 0 Å². The zero-order valence-corrected chi connectivity index (χ0v) is 14.6. The van der Waals surface area contributed by atoms with Gasteiger partial charge >= 0.3 is 0 Å². The first-order chi connectivity index (χ1) is 10.7. The maximum Gasteiger partial charge on any atom is 0.223 e. The molecule has 0 aromatic heterocycles. The third kappa shape index (κ3) is 4.95. The molecule has 0 bridgehead atoms. The van der Waals surface area contributed by atoms with Crippen molar-refractivity contribution in [2.75, 3.05) is 0 Å². The molecule has 0 aliphatic heterocycles. The monoisotopic (exact) mass is 336 g/mol. The summed E-state index contributed by atoms with van der Waals surface area (Å²) in [6.07, 6.45) is 8.70. The van der Waals surface area contributed by atoms with Gasteiger partial charge in [-0.2, -0.15) is 0 Å². The summed E-state index contributed by atoms with van der Waals surface area (Å²) >= 11 is 0. The number of carbonyl (C=O) groups is 1. The SMILES string of the molecule is Cl.NC1CCCC(C(=O)NC2CCCC2Cc2ccccc2)C1. The Morgan fingerprint density at radius 3 is 2.57 bits per heavy atom. The molecule has 0 heterocycles. The zero-order chi connectivity index (χ0) is 15.4. The van der Waals surface area contributed by atoms with Crippen LogP contribution in [0.4, 0.5) is 0 Å². The van der Waals surface area contributed by atoms with Crippen LogP contribution in [0.3, 0.4) is 0 Å². The summed E-state index contributed by atoms with van der Waals surface area (Å²) in [5.74, 6) is 0.977. The fourth-order valence-corrected chi connectivity index (χ4v) is 4.15. The van der Waals surface area contributed by atoms with E-state index in [9.17, 15) is 4.79 Å². The molecule has 2 aliphatic rings. The van der Waals surface area contributed by atoms with Crippen molar-refractivity contribution in [1.82, 2.24) is 5.32 Å². The van der Waals surface area contributed by atoms with E-state index in [1.54, 1.807) is 0 Å². The molecule has 4 heteroatoms. The van der Waals surface area contributed by atoms with E-state index < -0.39 is 0 Å². The molecule has 2 saturated carbocycles. The molecule has 1 aromatic carbocycles. The largest absolute Gasteiger partial charge is 0.353 e. The van der Waals surface area contributed by atoms with Crippen molar-refractivity contribution in [3.63, 3.8) is 0 Å². The zero-order valence-electron chi connectivity index (χ0n) is 13.7. The van der Waals surface area contributed by atoms with Gasteiger partial charge in [0.2, 0.25) is 5.91 Å². The topological polar surface area (TPSA) is 55.1 Å². The minimum absolute atomic E-state index is 0. The lowest BCUT2D eigenvalue weighted by Crippen LogP contribution is -2.44. The van der Waals surface area contributed by atoms with Crippen LogP contribution in [0.2, 0.25) is 0 Å². The van der Waals surface area contributed by atoms with E-state index in [-0.39, 0.29) is 30.3 Å². The summed E-state index contributed by atoms with van der Waals surface area (Å²) in [6.45, 7) is 0. The second-order valence-electron chi connectivity index (χ2n) is 7.12. The second-order valence-corrected chi connectivity index (χ2v) is 7.12. The van der Waals surface area contributed by atoms with Gasteiger partial charge in [-0.25, -0.2) is 0 Å². The fourth-order valence-electron chi connectivity index (χ4n) is 4.15. The average Bonchev–Trinajstić information content (AvgIpc) is 2.95. The fraction of sp³-hybridized carbons (Fsp3) is 0.632. The lowest BCUT2D eigenvalue weighted by Gasteiger charge is -2.28. The van der Waals surface area contributed by atoms with Crippen LogP contribution in [0, 0.1) is 11.8 Å². The lowest BCUT2D eigenvalue weighted by molar-refractivity contribution is -0.127. The van der Waals surface area contributed by atoms with Crippen LogP contribution >= 0.6 is 12.4 Å². The highest BCUT2D eigenvalue weighted by molar-refractivity contribution is 5.85. The van der Waals surface area contributed by atoms with E-state index in [0.717, 1.165) is 38.5 Å². The highest BCUT2D eigenvalue weighted by atomic mass is 35.5. The number of benzene rings is 1. The van der Waals surface area contributed by atoms with Crippen molar-refractivity contribution in [2.45, 2.75) is 63.5 Å². The molecule has 128 valence electrons. The Labute approximate surface area is 145 Å². The Kier molecular flexibility index (Phi) is 6.91. The number of nitrogens with two attached hydrogens (primary N) is 1. The van der Waals surface area contributed by atoms with Crippen LogP contribution in [0.25, 0.3) is 0 Å². The van der Waals surface area contributed by atoms with Crippen LogP contribution < -0.4 is 11.1 Å². The Morgan fingerprint density at radius 2 is 1.83 bits per heavy atom. The molecule has 3 nitrogen and oxygen atoms in total. The van der Waals surface area contributed by atoms with Crippen molar-refractivity contribution < 1.29 is 4.79 Å². The van der Waals surface area contributed by atoms with E-state index in [1.165, 1.54) is 18.4 Å². The van der Waals surface area contributed by atoms with Crippen molar-refractivity contribution in [1.29, 1.82) is 0 Å². The summed E-state index contributed by atoms with van der Waals surface area (Å²) in [7, 11) is 0. The predicted molar refractivity (Wildman–Crippen MR) is 96.6 cm³/mol. The van der Waals surface area contributed by atoms with E-state index in [4.69, 9.17) is 5.73 Å². The van der Waals surface area contributed by atoms with E-state index in [0.29, 0.717) is 12.0 Å². The van der Waals surface area contributed by atoms with Gasteiger partial charge in [0.05, 0.1) is 0 Å². The van der Waals surface area contributed by atoms with Gasteiger partial charge in [0.1, 0.15) is 0 Å². The van der Waals surface area contributed by atoms with Gasteiger partial charge < -0.3 is 11.1 Å². The van der Waals surface area contributed by atoms with Gasteiger partial charge in [-0.3, -0.25) is 4.79 Å². The molecule has 2 aliphatic carbocycles. The molecule has 2 fully saturated rings. The minimum Gasteiger partial charge on any atom is -0.353 e. The summed E-state index contributed by atoms with van der Waals surface area (Å²) in [4.78, 5) is 12.5. The van der Waals surface area contributed by atoms with Crippen molar-refractivity contribution in [2.24, 2.45) is 17.6 Å². The van der Waals surface area contributed by atoms with Gasteiger partial charge in [-0.15, -0.1) is 12.4 Å². The molecule has 1 aromatic rings. The van der Waals surface area contributed by atoms with Gasteiger partial charge in [-0.1, -0.05) is 43.2 Å². The smallest absolute Gasteiger partial charge is 0.223 e. The maximum absolute atomic E-state index is 12.5. The standard InChI is InChI=1S/C19H28N2O.ClH/c20-17-10-4-9-16(13-17)19(22)21-18-11-5-8-15(18)12-14-6-2-1-3-7-14;/h1-3,6-7,15-18H,4-5,8-13,20H2,(H,21,22);1H. The number of hydrogen-bond donors (Lipinski definition) is 2. The number of amides is 1. The normalized spacial score (nSPS) is 30.5. The molecule has 23 heavy (non-hydrogen) atoms. The molecule has 4 atom stereocenters. The number of halogens is 1. The molecular formula is C19H29ClN2O. The van der Waals surface area contributed by atoms with Crippen molar-refractivity contribution in [3.8, 4) is 0 Å². The number of hydrogen-bond acceptors (Lipinski definition) is 2. The van der Waals surface area contributed by atoms with Crippen molar-refractivity contribution >= 4 is 18.3 Å². The molecule has 3 N–H and O–H groups in total. The average molecular weight is 337 g/mol. The third-order valence-electron chi connectivity index (χ3n) is 5.41. The number of nitrogens with one attached hydrogen (secondary N) is 1. The van der Waals surface area contributed by atoms with Gasteiger partial charge in [-0.05, 0) is 50.0 Å². The quantitative estimate of drug-likeness (QED) is 0.884. The Bertz CT molecular complexity index is 493. The molecular weight excluding hydrogens is 308 g/mol. The molecule has 0 spiro atoms. The molecule has 3 rings (SSSR count). The third-order valence-corrected chi connectivity index (χ3v) is 5.41. The predicted octanol–water partition coefficient (Wildman–Crippen LogP) is 3.45. The second kappa shape index (κ2) is 8.70. The molecule has 0 radical (unpaired) electrons. The number of carbonyl (C=O) groups excluding carboxylic acids is 1. The first kappa shape index (κ1) is 18.3. The molecule has 1 amide bonds. The van der Waals surface area contributed by atoms with Crippen LogP contribution in [-0.2, 0) is 11.2 Å². The van der Waals surface area contributed by atoms with Gasteiger partial charge in [0.25, 0.3) is 0 Å². The van der Waals surface area contributed by atoms with Gasteiger partial charge in [0.15, 0.2) is 0 Å².